The first-order chi connectivity index (χ1) is 6.14. The van der Waals surface area contributed by atoms with Crippen LogP contribution >= 0.6 is 0 Å². The number of hydrogen-bond donors (Lipinski definition) is 0. The van der Waals surface area contributed by atoms with Crippen LogP contribution in [0.3, 0.4) is 0 Å². The normalized spacial score (nSPS) is 43.9. The Hall–Kier alpha value is -0.570. The van der Waals surface area contributed by atoms with E-state index < -0.39 is 0 Å². The maximum atomic E-state index is 10.7. The molecule has 13 heavy (non-hydrogen) atoms. The molecule has 0 aromatic carbocycles. The van der Waals surface area contributed by atoms with Crippen LogP contribution < -0.4 is 0 Å². The van der Waals surface area contributed by atoms with Crippen molar-refractivity contribution in [2.75, 3.05) is 0 Å². The molecule has 2 spiro atoms. The Bertz CT molecular complexity index is 269. The fourth-order valence-electron chi connectivity index (χ4n) is 2.44. The molecule has 2 saturated carbocycles. The zero-order valence-corrected chi connectivity index (χ0v) is 7.84. The molecule has 1 heterocycles. The van der Waals surface area contributed by atoms with E-state index in [-0.39, 0.29) is 23.3 Å². The van der Waals surface area contributed by atoms with Gasteiger partial charge < -0.3 is 9.47 Å². The number of hydrogen-bond acceptors (Lipinski definition) is 3. The van der Waals surface area contributed by atoms with Gasteiger partial charge in [0.25, 0.3) is 0 Å². The molecule has 3 aliphatic rings. The molecule has 3 fully saturated rings. The Morgan fingerprint density at radius 3 is 2.62 bits per heavy atom. The number of carbonyl (C=O) groups excluding carboxylic acids is 1. The summed E-state index contributed by atoms with van der Waals surface area (Å²) in [5.74, 6) is -0.178. The van der Waals surface area contributed by atoms with Crippen LogP contribution in [0.5, 0.6) is 0 Å². The second-order valence-corrected chi connectivity index (χ2v) is 4.65. The van der Waals surface area contributed by atoms with Gasteiger partial charge in [0.1, 0.15) is 11.7 Å². The highest BCUT2D eigenvalue weighted by Crippen LogP contribution is 2.62. The molecular formula is C10H14O3. The van der Waals surface area contributed by atoms with E-state index in [2.05, 4.69) is 0 Å². The standard InChI is InChI=1S/C10H14O3/c1-7(11)12-8-6-10(8)5-4-9(13-10)2-3-9/h8H,2-6H2,1H3/t8?,10-/m1/s1. The van der Waals surface area contributed by atoms with Gasteiger partial charge in [-0.2, -0.15) is 0 Å². The Kier molecular flexibility index (Phi) is 1.25. The highest BCUT2D eigenvalue weighted by molar-refractivity contribution is 5.66. The monoisotopic (exact) mass is 182 g/mol. The van der Waals surface area contributed by atoms with Crippen LogP contribution in [0.4, 0.5) is 0 Å². The average Bonchev–Trinajstić information content (AvgIpc) is 2.84. The van der Waals surface area contributed by atoms with Crippen LogP contribution in [0.25, 0.3) is 0 Å². The fraction of sp³-hybridized carbons (Fsp3) is 0.900. The minimum atomic E-state index is -0.178. The summed E-state index contributed by atoms with van der Waals surface area (Å²) < 4.78 is 11.2. The van der Waals surface area contributed by atoms with E-state index in [1.165, 1.54) is 26.2 Å². The first-order valence-electron chi connectivity index (χ1n) is 5.02. The van der Waals surface area contributed by atoms with Crippen molar-refractivity contribution >= 4 is 5.97 Å². The third kappa shape index (κ3) is 1.10. The lowest BCUT2D eigenvalue weighted by Crippen LogP contribution is -2.19. The van der Waals surface area contributed by atoms with Crippen molar-refractivity contribution in [2.24, 2.45) is 0 Å². The van der Waals surface area contributed by atoms with Gasteiger partial charge in [0.15, 0.2) is 0 Å². The second kappa shape index (κ2) is 2.08. The van der Waals surface area contributed by atoms with E-state index in [1.54, 1.807) is 0 Å². The van der Waals surface area contributed by atoms with Gasteiger partial charge >= 0.3 is 5.97 Å². The second-order valence-electron chi connectivity index (χ2n) is 4.65. The molecule has 3 heteroatoms. The summed E-state index contributed by atoms with van der Waals surface area (Å²) in [6.07, 6.45) is 5.66. The van der Waals surface area contributed by atoms with Crippen molar-refractivity contribution in [1.82, 2.24) is 0 Å². The van der Waals surface area contributed by atoms with Gasteiger partial charge in [-0.05, 0) is 25.7 Å². The molecule has 1 aliphatic heterocycles. The maximum absolute atomic E-state index is 10.7. The van der Waals surface area contributed by atoms with Crippen LogP contribution in [0.1, 0.15) is 39.0 Å². The van der Waals surface area contributed by atoms with Crippen LogP contribution in [0, 0.1) is 0 Å². The maximum Gasteiger partial charge on any atom is 0.303 e. The lowest BCUT2D eigenvalue weighted by Gasteiger charge is -2.11. The Balaban J connectivity index is 1.65. The summed E-state index contributed by atoms with van der Waals surface area (Å²) in [5, 5.41) is 0. The molecule has 0 aromatic heterocycles. The van der Waals surface area contributed by atoms with Gasteiger partial charge in [-0.3, -0.25) is 4.79 Å². The minimum Gasteiger partial charge on any atom is -0.459 e. The molecular weight excluding hydrogens is 168 g/mol. The van der Waals surface area contributed by atoms with Crippen LogP contribution in [-0.2, 0) is 14.3 Å². The largest absolute Gasteiger partial charge is 0.459 e. The van der Waals surface area contributed by atoms with Crippen molar-refractivity contribution in [2.45, 2.75) is 56.3 Å². The molecule has 0 bridgehead atoms. The summed E-state index contributed by atoms with van der Waals surface area (Å²) >= 11 is 0. The van der Waals surface area contributed by atoms with Crippen molar-refractivity contribution in [3.05, 3.63) is 0 Å². The van der Waals surface area contributed by atoms with Gasteiger partial charge in [0.05, 0.1) is 5.60 Å². The predicted molar refractivity (Wildman–Crippen MR) is 45.2 cm³/mol. The summed E-state index contributed by atoms with van der Waals surface area (Å²) in [7, 11) is 0. The van der Waals surface area contributed by atoms with Crippen LogP contribution in [-0.4, -0.2) is 23.3 Å². The minimum absolute atomic E-state index is 0.0534. The van der Waals surface area contributed by atoms with Crippen molar-refractivity contribution in [1.29, 1.82) is 0 Å². The van der Waals surface area contributed by atoms with E-state index in [0.29, 0.717) is 0 Å². The molecule has 3 nitrogen and oxygen atoms in total. The predicted octanol–water partition coefficient (Wildman–Crippen LogP) is 1.40. The summed E-state index contributed by atoms with van der Waals surface area (Å²) in [4.78, 5) is 10.7. The summed E-state index contributed by atoms with van der Waals surface area (Å²) in [5.41, 5.74) is 0.164. The molecule has 72 valence electrons. The number of rotatable bonds is 1. The Labute approximate surface area is 77.4 Å². The molecule has 2 atom stereocenters. The summed E-state index contributed by atoms with van der Waals surface area (Å²) in [6.45, 7) is 1.47. The number of ether oxygens (including phenoxy) is 2. The van der Waals surface area contributed by atoms with Crippen molar-refractivity contribution in [3.63, 3.8) is 0 Å². The smallest absolute Gasteiger partial charge is 0.303 e. The zero-order valence-electron chi connectivity index (χ0n) is 7.84. The molecule has 1 unspecified atom stereocenters. The molecule has 0 aromatic rings. The van der Waals surface area contributed by atoms with E-state index in [4.69, 9.17) is 9.47 Å². The molecule has 0 amide bonds. The van der Waals surface area contributed by atoms with E-state index >= 15 is 0 Å². The fourth-order valence-corrected chi connectivity index (χ4v) is 2.44. The quantitative estimate of drug-likeness (QED) is 0.575. The van der Waals surface area contributed by atoms with Crippen molar-refractivity contribution in [3.8, 4) is 0 Å². The van der Waals surface area contributed by atoms with Crippen LogP contribution in [0.2, 0.25) is 0 Å². The van der Waals surface area contributed by atoms with Crippen LogP contribution in [0.15, 0.2) is 0 Å². The molecule has 2 aliphatic carbocycles. The van der Waals surface area contributed by atoms with Gasteiger partial charge in [-0.1, -0.05) is 0 Å². The third-order valence-corrected chi connectivity index (χ3v) is 3.50. The highest BCUT2D eigenvalue weighted by atomic mass is 16.6. The topological polar surface area (TPSA) is 35.5 Å². The Morgan fingerprint density at radius 1 is 1.38 bits per heavy atom. The number of carbonyl (C=O) groups is 1. The van der Waals surface area contributed by atoms with E-state index in [9.17, 15) is 4.79 Å². The average molecular weight is 182 g/mol. The van der Waals surface area contributed by atoms with Gasteiger partial charge in [-0.15, -0.1) is 0 Å². The first kappa shape index (κ1) is 7.80. The lowest BCUT2D eigenvalue weighted by atomic mass is 10.1. The number of esters is 1. The van der Waals surface area contributed by atoms with Gasteiger partial charge in [0.2, 0.25) is 0 Å². The highest BCUT2D eigenvalue weighted by Gasteiger charge is 2.68. The van der Waals surface area contributed by atoms with Gasteiger partial charge in [0, 0.05) is 13.3 Å². The van der Waals surface area contributed by atoms with Gasteiger partial charge in [-0.25, -0.2) is 0 Å². The first-order valence-corrected chi connectivity index (χ1v) is 5.02. The molecule has 0 radical (unpaired) electrons. The Morgan fingerprint density at radius 2 is 2.08 bits per heavy atom. The molecule has 0 N–H and O–H groups in total. The van der Waals surface area contributed by atoms with Crippen molar-refractivity contribution < 1.29 is 14.3 Å². The lowest BCUT2D eigenvalue weighted by molar-refractivity contribution is -0.145. The zero-order chi connectivity index (χ0) is 9.10. The SMILES string of the molecule is CC(=O)OC1C[C@]12CCC1(CC1)O2. The van der Waals surface area contributed by atoms with E-state index in [1.807, 2.05) is 0 Å². The third-order valence-electron chi connectivity index (χ3n) is 3.50. The summed E-state index contributed by atoms with van der Waals surface area (Å²) in [6, 6.07) is 0. The molecule has 3 rings (SSSR count). The van der Waals surface area contributed by atoms with E-state index in [0.717, 1.165) is 12.8 Å². The molecule has 1 saturated heterocycles.